The average molecular weight is 436 g/mol. The van der Waals surface area contributed by atoms with Crippen molar-refractivity contribution in [3.8, 4) is 17.0 Å². The molecule has 0 saturated carbocycles. The first-order valence-electron chi connectivity index (χ1n) is 11.0. The van der Waals surface area contributed by atoms with Gasteiger partial charge in [-0.1, -0.05) is 5.16 Å². The Balaban J connectivity index is 1.54. The summed E-state index contributed by atoms with van der Waals surface area (Å²) in [4.78, 5) is 19.5. The maximum Gasteiger partial charge on any atom is 0.313 e. The van der Waals surface area contributed by atoms with Gasteiger partial charge in [0.1, 0.15) is 17.2 Å². The molecule has 1 unspecified atom stereocenters. The standard InChI is InChI=1S/C25H29N3O4/c1-3-31-24(29)25(11-4-14-28(18-25)17-19-9-12-26-13-10-19)16-22-15-23(27-32-22)20-5-7-21(30-2)8-6-20/h5-10,12-13,15H,3-4,11,14,16-18H2,1-2H3. The molecule has 168 valence electrons. The molecular weight excluding hydrogens is 406 g/mol. The van der Waals surface area contributed by atoms with Gasteiger partial charge in [0.2, 0.25) is 0 Å². The van der Waals surface area contributed by atoms with E-state index in [1.165, 1.54) is 5.56 Å². The Kier molecular flexibility index (Phi) is 6.85. The molecule has 1 atom stereocenters. The van der Waals surface area contributed by atoms with Crippen LogP contribution in [0.15, 0.2) is 59.4 Å². The van der Waals surface area contributed by atoms with Crippen molar-refractivity contribution in [1.82, 2.24) is 15.0 Å². The summed E-state index contributed by atoms with van der Waals surface area (Å²) >= 11 is 0. The highest BCUT2D eigenvalue weighted by Crippen LogP contribution is 2.37. The predicted molar refractivity (Wildman–Crippen MR) is 120 cm³/mol. The highest BCUT2D eigenvalue weighted by Gasteiger charge is 2.44. The van der Waals surface area contributed by atoms with Gasteiger partial charge in [0.15, 0.2) is 0 Å². The first-order valence-corrected chi connectivity index (χ1v) is 11.0. The number of carbonyl (C=O) groups excluding carboxylic acids is 1. The van der Waals surface area contributed by atoms with Crippen LogP contribution in [0.1, 0.15) is 31.1 Å². The molecule has 32 heavy (non-hydrogen) atoms. The third kappa shape index (κ3) is 4.99. The van der Waals surface area contributed by atoms with E-state index in [1.54, 1.807) is 19.5 Å². The van der Waals surface area contributed by atoms with Gasteiger partial charge in [-0.15, -0.1) is 0 Å². The Hall–Kier alpha value is -3.19. The molecule has 1 aliphatic heterocycles. The number of piperidine rings is 1. The second-order valence-corrected chi connectivity index (χ2v) is 8.25. The molecule has 1 aliphatic rings. The SMILES string of the molecule is CCOC(=O)C1(Cc2cc(-c3ccc(OC)cc3)no2)CCCN(Cc2ccncc2)C1. The average Bonchev–Trinajstić information content (AvgIpc) is 3.28. The lowest BCUT2D eigenvalue weighted by Crippen LogP contribution is -2.49. The maximum atomic E-state index is 13.1. The number of aromatic nitrogens is 2. The quantitative estimate of drug-likeness (QED) is 0.492. The Morgan fingerprint density at radius 2 is 1.97 bits per heavy atom. The summed E-state index contributed by atoms with van der Waals surface area (Å²) in [6, 6.07) is 13.6. The first kappa shape index (κ1) is 22.0. The first-order chi connectivity index (χ1) is 15.6. The molecule has 0 aliphatic carbocycles. The number of nitrogens with zero attached hydrogens (tertiary/aromatic N) is 3. The number of benzene rings is 1. The van der Waals surface area contributed by atoms with Crippen LogP contribution >= 0.6 is 0 Å². The van der Waals surface area contributed by atoms with E-state index < -0.39 is 5.41 Å². The molecular formula is C25H29N3O4. The van der Waals surface area contributed by atoms with Gasteiger partial charge in [0.25, 0.3) is 0 Å². The number of likely N-dealkylation sites (tertiary alicyclic amines) is 1. The molecule has 7 nitrogen and oxygen atoms in total. The van der Waals surface area contributed by atoms with E-state index in [0.717, 1.165) is 42.9 Å². The summed E-state index contributed by atoms with van der Waals surface area (Å²) in [5.41, 5.74) is 2.21. The Morgan fingerprint density at radius 1 is 1.19 bits per heavy atom. The summed E-state index contributed by atoms with van der Waals surface area (Å²) in [5, 5.41) is 4.24. The van der Waals surface area contributed by atoms with Crippen molar-refractivity contribution in [3.63, 3.8) is 0 Å². The van der Waals surface area contributed by atoms with Crippen LogP contribution in [0.4, 0.5) is 0 Å². The predicted octanol–water partition coefficient (Wildman–Crippen LogP) is 4.13. The van der Waals surface area contributed by atoms with Gasteiger partial charge in [-0.25, -0.2) is 0 Å². The third-order valence-electron chi connectivity index (χ3n) is 5.98. The van der Waals surface area contributed by atoms with E-state index in [1.807, 2.05) is 49.4 Å². The zero-order valence-corrected chi connectivity index (χ0v) is 18.6. The highest BCUT2D eigenvalue weighted by atomic mass is 16.5. The number of rotatable bonds is 8. The topological polar surface area (TPSA) is 77.7 Å². The van der Waals surface area contributed by atoms with Gasteiger partial charge >= 0.3 is 5.97 Å². The second-order valence-electron chi connectivity index (χ2n) is 8.25. The lowest BCUT2D eigenvalue weighted by Gasteiger charge is -2.40. The fourth-order valence-corrected chi connectivity index (χ4v) is 4.40. The van der Waals surface area contributed by atoms with E-state index in [2.05, 4.69) is 15.0 Å². The smallest absolute Gasteiger partial charge is 0.313 e. The normalized spacial score (nSPS) is 18.9. The van der Waals surface area contributed by atoms with E-state index in [0.29, 0.717) is 25.3 Å². The van der Waals surface area contributed by atoms with Crippen LogP contribution in [-0.2, 0) is 22.5 Å². The minimum Gasteiger partial charge on any atom is -0.497 e. The highest BCUT2D eigenvalue weighted by molar-refractivity contribution is 5.77. The number of ether oxygens (including phenoxy) is 2. The van der Waals surface area contributed by atoms with Crippen LogP contribution in [0.3, 0.4) is 0 Å². The molecule has 0 radical (unpaired) electrons. The summed E-state index contributed by atoms with van der Waals surface area (Å²) in [5.74, 6) is 1.31. The summed E-state index contributed by atoms with van der Waals surface area (Å²) in [7, 11) is 1.64. The molecule has 4 rings (SSSR count). The summed E-state index contributed by atoms with van der Waals surface area (Å²) in [6.45, 7) is 4.54. The summed E-state index contributed by atoms with van der Waals surface area (Å²) < 4.78 is 16.4. The van der Waals surface area contributed by atoms with E-state index in [-0.39, 0.29) is 5.97 Å². The van der Waals surface area contributed by atoms with Crippen LogP contribution in [0.2, 0.25) is 0 Å². The van der Waals surface area contributed by atoms with E-state index in [9.17, 15) is 4.79 Å². The van der Waals surface area contributed by atoms with E-state index >= 15 is 0 Å². The number of carbonyl (C=O) groups is 1. The molecule has 7 heteroatoms. The largest absolute Gasteiger partial charge is 0.497 e. The van der Waals surface area contributed by atoms with Gasteiger partial charge in [0.05, 0.1) is 19.1 Å². The maximum absolute atomic E-state index is 13.1. The van der Waals surface area contributed by atoms with Crippen LogP contribution in [0, 0.1) is 5.41 Å². The third-order valence-corrected chi connectivity index (χ3v) is 5.98. The number of pyridine rings is 1. The molecule has 0 N–H and O–H groups in total. The van der Waals surface area contributed by atoms with Gasteiger partial charge in [-0.05, 0) is 68.3 Å². The Bertz CT molecular complexity index is 1020. The second kappa shape index (κ2) is 9.96. The van der Waals surface area contributed by atoms with Crippen molar-refractivity contribution in [2.45, 2.75) is 32.7 Å². The zero-order chi connectivity index (χ0) is 22.4. The van der Waals surface area contributed by atoms with Gasteiger partial charge < -0.3 is 14.0 Å². The molecule has 1 aromatic carbocycles. The molecule has 2 aromatic heterocycles. The summed E-state index contributed by atoms with van der Waals surface area (Å²) in [6.07, 6.45) is 5.74. The number of esters is 1. The van der Waals surface area contributed by atoms with Crippen LogP contribution in [0.25, 0.3) is 11.3 Å². The van der Waals surface area contributed by atoms with Gasteiger partial charge in [0, 0.05) is 43.5 Å². The molecule has 3 aromatic rings. The van der Waals surface area contributed by atoms with Crippen molar-refractivity contribution >= 4 is 5.97 Å². The van der Waals surface area contributed by atoms with Gasteiger partial charge in [-0.2, -0.15) is 0 Å². The minimum absolute atomic E-state index is 0.165. The van der Waals surface area contributed by atoms with Crippen molar-refractivity contribution < 1.29 is 18.8 Å². The molecule has 0 bridgehead atoms. The van der Waals surface area contributed by atoms with Crippen molar-refractivity contribution in [2.24, 2.45) is 5.41 Å². The molecule has 3 heterocycles. The molecule has 1 saturated heterocycles. The van der Waals surface area contributed by atoms with Crippen LogP contribution < -0.4 is 4.74 Å². The van der Waals surface area contributed by atoms with Crippen molar-refractivity contribution in [3.05, 3.63) is 66.2 Å². The van der Waals surface area contributed by atoms with Crippen molar-refractivity contribution in [2.75, 3.05) is 26.8 Å². The van der Waals surface area contributed by atoms with Crippen molar-refractivity contribution in [1.29, 1.82) is 0 Å². The number of hydrogen-bond acceptors (Lipinski definition) is 7. The zero-order valence-electron chi connectivity index (χ0n) is 18.6. The minimum atomic E-state index is -0.655. The Morgan fingerprint density at radius 3 is 2.69 bits per heavy atom. The molecule has 0 amide bonds. The molecule has 1 fully saturated rings. The van der Waals surface area contributed by atoms with Gasteiger partial charge in [-0.3, -0.25) is 14.7 Å². The fraction of sp³-hybridized carbons (Fsp3) is 0.400. The van der Waals surface area contributed by atoms with Crippen LogP contribution in [-0.4, -0.2) is 47.8 Å². The monoisotopic (exact) mass is 435 g/mol. The Labute approximate surface area is 188 Å². The molecule has 0 spiro atoms. The number of methoxy groups -OCH3 is 1. The lowest BCUT2D eigenvalue weighted by atomic mass is 9.76. The van der Waals surface area contributed by atoms with Crippen LogP contribution in [0.5, 0.6) is 5.75 Å². The fourth-order valence-electron chi connectivity index (χ4n) is 4.40. The number of hydrogen-bond donors (Lipinski definition) is 0. The lowest BCUT2D eigenvalue weighted by molar-refractivity contribution is -0.159. The van der Waals surface area contributed by atoms with E-state index in [4.69, 9.17) is 14.0 Å².